The molecule has 1 aliphatic heterocycles. The van der Waals surface area contributed by atoms with Gasteiger partial charge < -0.3 is 10.1 Å². The minimum absolute atomic E-state index is 0. The molecule has 0 spiro atoms. The first kappa shape index (κ1) is 20.4. The Morgan fingerprint density at radius 2 is 1.75 bits per heavy atom. The molecule has 0 radical (unpaired) electrons. The summed E-state index contributed by atoms with van der Waals surface area (Å²) >= 11 is 0. The van der Waals surface area contributed by atoms with E-state index in [1.807, 2.05) is 35.4 Å². The standard InChI is InChI=1S/C22H23N3O2.HI/c1-26-21-10-9-19-13-18(7-8-20(19)14-21)15-24-22-23-11-12-25(22)27-16-17-5-3-2-4-6-17;/h2-10,13-14H,11-12,15-16H2,1H3,(H,23,24);1H. The van der Waals surface area contributed by atoms with Crippen molar-refractivity contribution in [3.05, 3.63) is 77.9 Å². The van der Waals surface area contributed by atoms with Gasteiger partial charge >= 0.3 is 0 Å². The third kappa shape index (κ3) is 4.94. The van der Waals surface area contributed by atoms with Crippen molar-refractivity contribution < 1.29 is 9.57 Å². The summed E-state index contributed by atoms with van der Waals surface area (Å²) in [7, 11) is 1.69. The third-order valence-electron chi connectivity index (χ3n) is 4.59. The second-order valence-electron chi connectivity index (χ2n) is 6.47. The molecule has 0 aliphatic carbocycles. The maximum Gasteiger partial charge on any atom is 0.218 e. The number of aliphatic imine (C=N–C) groups is 1. The van der Waals surface area contributed by atoms with Crippen LogP contribution < -0.4 is 10.1 Å². The van der Waals surface area contributed by atoms with Crippen LogP contribution in [-0.2, 0) is 18.0 Å². The molecule has 1 N–H and O–H groups in total. The molecule has 146 valence electrons. The summed E-state index contributed by atoms with van der Waals surface area (Å²) < 4.78 is 5.29. The minimum Gasteiger partial charge on any atom is -0.497 e. The van der Waals surface area contributed by atoms with Crippen LogP contribution in [0, 0.1) is 0 Å². The Bertz CT molecular complexity index is 947. The zero-order valence-corrected chi connectivity index (χ0v) is 18.1. The SMILES string of the molecule is COc1ccc2cc(CNC3=NCCN3OCc3ccccc3)ccc2c1.I. The summed E-state index contributed by atoms with van der Waals surface area (Å²) in [6, 6.07) is 22.7. The number of methoxy groups -OCH3 is 1. The van der Waals surface area contributed by atoms with Crippen LogP contribution in [0.2, 0.25) is 0 Å². The fraction of sp³-hybridized carbons (Fsp3) is 0.227. The maximum absolute atomic E-state index is 5.91. The highest BCUT2D eigenvalue weighted by molar-refractivity contribution is 14.0. The lowest BCUT2D eigenvalue weighted by molar-refractivity contribution is -0.106. The third-order valence-corrected chi connectivity index (χ3v) is 4.59. The summed E-state index contributed by atoms with van der Waals surface area (Å²) in [6.07, 6.45) is 0. The number of halogens is 1. The highest BCUT2D eigenvalue weighted by atomic mass is 127. The first-order valence-electron chi connectivity index (χ1n) is 9.11. The molecule has 0 unspecified atom stereocenters. The zero-order chi connectivity index (χ0) is 18.5. The van der Waals surface area contributed by atoms with E-state index in [-0.39, 0.29) is 24.0 Å². The summed E-state index contributed by atoms with van der Waals surface area (Å²) in [5.41, 5.74) is 2.35. The van der Waals surface area contributed by atoms with Crippen LogP contribution in [0.1, 0.15) is 11.1 Å². The normalized spacial score (nSPS) is 13.2. The molecular formula is C22H24IN3O2. The van der Waals surface area contributed by atoms with Gasteiger partial charge in [-0.1, -0.05) is 48.5 Å². The van der Waals surface area contributed by atoms with Crippen LogP contribution in [-0.4, -0.2) is 31.2 Å². The van der Waals surface area contributed by atoms with Crippen molar-refractivity contribution in [3.8, 4) is 5.75 Å². The molecule has 0 saturated heterocycles. The van der Waals surface area contributed by atoms with E-state index in [2.05, 4.69) is 46.7 Å². The van der Waals surface area contributed by atoms with E-state index < -0.39 is 0 Å². The second-order valence-corrected chi connectivity index (χ2v) is 6.47. The van der Waals surface area contributed by atoms with Crippen LogP contribution >= 0.6 is 24.0 Å². The van der Waals surface area contributed by atoms with Crippen LogP contribution in [0.4, 0.5) is 0 Å². The molecule has 0 atom stereocenters. The number of hydroxylamine groups is 2. The summed E-state index contributed by atoms with van der Waals surface area (Å²) in [4.78, 5) is 10.4. The van der Waals surface area contributed by atoms with Crippen LogP contribution in [0.3, 0.4) is 0 Å². The number of nitrogens with one attached hydrogen (secondary N) is 1. The molecule has 3 aromatic carbocycles. The van der Waals surface area contributed by atoms with E-state index in [4.69, 9.17) is 9.57 Å². The summed E-state index contributed by atoms with van der Waals surface area (Å²) in [5.74, 6) is 1.67. The van der Waals surface area contributed by atoms with Gasteiger partial charge in [0.25, 0.3) is 0 Å². The van der Waals surface area contributed by atoms with Crippen molar-refractivity contribution in [2.75, 3.05) is 20.2 Å². The number of fused-ring (bicyclic) bond motifs is 1. The molecule has 4 rings (SSSR count). The van der Waals surface area contributed by atoms with Gasteiger partial charge in [0, 0.05) is 6.54 Å². The maximum atomic E-state index is 5.91. The number of ether oxygens (including phenoxy) is 1. The van der Waals surface area contributed by atoms with Gasteiger partial charge in [-0.2, -0.15) is 0 Å². The summed E-state index contributed by atoms with van der Waals surface area (Å²) in [6.45, 7) is 2.76. The predicted octanol–water partition coefficient (Wildman–Crippen LogP) is 4.36. The largest absolute Gasteiger partial charge is 0.497 e. The Morgan fingerprint density at radius 3 is 2.57 bits per heavy atom. The Kier molecular flexibility index (Phi) is 7.11. The van der Waals surface area contributed by atoms with E-state index in [0.717, 1.165) is 30.4 Å². The lowest BCUT2D eigenvalue weighted by atomic mass is 10.1. The Labute approximate surface area is 182 Å². The molecule has 0 bridgehead atoms. The quantitative estimate of drug-likeness (QED) is 0.523. The Balaban J connectivity index is 0.00000225. The zero-order valence-electron chi connectivity index (χ0n) is 15.8. The monoisotopic (exact) mass is 489 g/mol. The predicted molar refractivity (Wildman–Crippen MR) is 123 cm³/mol. The number of rotatable bonds is 6. The molecule has 28 heavy (non-hydrogen) atoms. The average molecular weight is 489 g/mol. The Morgan fingerprint density at radius 1 is 0.964 bits per heavy atom. The fourth-order valence-electron chi connectivity index (χ4n) is 3.12. The van der Waals surface area contributed by atoms with Crippen molar-refractivity contribution >= 4 is 40.7 Å². The molecule has 0 aromatic heterocycles. The van der Waals surface area contributed by atoms with Gasteiger partial charge in [-0.25, -0.2) is 10.1 Å². The van der Waals surface area contributed by atoms with Gasteiger partial charge in [-0.3, -0.25) is 4.84 Å². The number of guanidine groups is 1. The van der Waals surface area contributed by atoms with Gasteiger partial charge in [0.1, 0.15) is 12.4 Å². The van der Waals surface area contributed by atoms with Crippen LogP contribution in [0.25, 0.3) is 10.8 Å². The van der Waals surface area contributed by atoms with Gasteiger partial charge in [-0.15, -0.1) is 24.0 Å². The van der Waals surface area contributed by atoms with E-state index in [1.54, 1.807) is 7.11 Å². The van der Waals surface area contributed by atoms with Crippen molar-refractivity contribution in [2.24, 2.45) is 4.99 Å². The van der Waals surface area contributed by atoms with Crippen LogP contribution in [0.5, 0.6) is 5.75 Å². The molecule has 1 aliphatic rings. The average Bonchev–Trinajstić information content (AvgIpc) is 3.18. The van der Waals surface area contributed by atoms with E-state index in [0.29, 0.717) is 13.2 Å². The number of hydrogen-bond acceptors (Lipinski definition) is 5. The van der Waals surface area contributed by atoms with Crippen LogP contribution in [0.15, 0.2) is 71.7 Å². The number of hydrogen-bond donors (Lipinski definition) is 1. The first-order valence-corrected chi connectivity index (χ1v) is 9.11. The lowest BCUT2D eigenvalue weighted by Crippen LogP contribution is -2.37. The summed E-state index contributed by atoms with van der Waals surface area (Å²) in [5, 5.41) is 7.61. The smallest absolute Gasteiger partial charge is 0.218 e. The minimum atomic E-state index is 0. The molecular weight excluding hydrogens is 465 g/mol. The fourth-order valence-corrected chi connectivity index (χ4v) is 3.12. The van der Waals surface area contributed by atoms with E-state index in [1.165, 1.54) is 16.3 Å². The van der Waals surface area contributed by atoms with Gasteiger partial charge in [-0.05, 0) is 40.1 Å². The molecule has 6 heteroatoms. The van der Waals surface area contributed by atoms with Gasteiger partial charge in [0.05, 0.1) is 20.2 Å². The molecule has 1 heterocycles. The number of benzene rings is 3. The topological polar surface area (TPSA) is 46.1 Å². The van der Waals surface area contributed by atoms with Gasteiger partial charge in [0.2, 0.25) is 5.96 Å². The first-order chi connectivity index (χ1) is 13.3. The van der Waals surface area contributed by atoms with E-state index in [9.17, 15) is 0 Å². The van der Waals surface area contributed by atoms with Crippen molar-refractivity contribution in [1.82, 2.24) is 10.4 Å². The van der Waals surface area contributed by atoms with E-state index >= 15 is 0 Å². The lowest BCUT2D eigenvalue weighted by Gasteiger charge is -2.20. The highest BCUT2D eigenvalue weighted by Crippen LogP contribution is 2.22. The molecule has 0 amide bonds. The molecule has 5 nitrogen and oxygen atoms in total. The number of nitrogens with zero attached hydrogens (tertiary/aromatic N) is 2. The van der Waals surface area contributed by atoms with Crippen molar-refractivity contribution in [2.45, 2.75) is 13.2 Å². The highest BCUT2D eigenvalue weighted by Gasteiger charge is 2.17. The Hall–Kier alpha value is -2.32. The van der Waals surface area contributed by atoms with Crippen molar-refractivity contribution in [3.63, 3.8) is 0 Å². The van der Waals surface area contributed by atoms with Crippen molar-refractivity contribution in [1.29, 1.82) is 0 Å². The second kappa shape index (κ2) is 9.75. The van der Waals surface area contributed by atoms with Gasteiger partial charge in [0.15, 0.2) is 0 Å². The molecule has 0 fully saturated rings. The molecule has 0 saturated carbocycles. The molecule has 3 aromatic rings.